The van der Waals surface area contributed by atoms with Gasteiger partial charge in [0.15, 0.2) is 0 Å². The lowest BCUT2D eigenvalue weighted by Crippen LogP contribution is -2.14. The van der Waals surface area contributed by atoms with Crippen LogP contribution in [0.15, 0.2) is 42.6 Å². The molecule has 110 valence electrons. The number of anilines is 1. The van der Waals surface area contributed by atoms with Gasteiger partial charge in [-0.3, -0.25) is 4.79 Å². The SMILES string of the molecule is CCOc1ccc(C(=O)Nc2ccccc2C(C)C)cn1. The van der Waals surface area contributed by atoms with Crippen LogP contribution in [0.5, 0.6) is 5.88 Å². The summed E-state index contributed by atoms with van der Waals surface area (Å²) in [5.41, 5.74) is 2.47. The van der Waals surface area contributed by atoms with Crippen LogP contribution in [0.2, 0.25) is 0 Å². The number of carbonyl (C=O) groups is 1. The van der Waals surface area contributed by atoms with Gasteiger partial charge in [0.1, 0.15) is 0 Å². The van der Waals surface area contributed by atoms with Gasteiger partial charge in [0, 0.05) is 18.0 Å². The number of nitrogens with one attached hydrogen (secondary N) is 1. The number of nitrogens with zero attached hydrogens (tertiary/aromatic N) is 1. The number of pyridine rings is 1. The van der Waals surface area contributed by atoms with Crippen LogP contribution in [-0.4, -0.2) is 17.5 Å². The quantitative estimate of drug-likeness (QED) is 0.907. The number of hydrogen-bond acceptors (Lipinski definition) is 3. The molecule has 0 saturated carbocycles. The first-order chi connectivity index (χ1) is 10.1. The van der Waals surface area contributed by atoms with E-state index in [9.17, 15) is 4.79 Å². The zero-order valence-corrected chi connectivity index (χ0v) is 12.6. The zero-order valence-electron chi connectivity index (χ0n) is 12.6. The summed E-state index contributed by atoms with van der Waals surface area (Å²) in [6.45, 7) is 6.65. The highest BCUT2D eigenvalue weighted by Gasteiger charge is 2.11. The lowest BCUT2D eigenvalue weighted by atomic mass is 10.0. The van der Waals surface area contributed by atoms with Crippen molar-refractivity contribution in [2.45, 2.75) is 26.7 Å². The number of carbonyl (C=O) groups excluding carboxylic acids is 1. The summed E-state index contributed by atoms with van der Waals surface area (Å²) in [6.07, 6.45) is 1.53. The van der Waals surface area contributed by atoms with Crippen LogP contribution in [0, 0.1) is 0 Å². The Balaban J connectivity index is 2.14. The average Bonchev–Trinajstić information content (AvgIpc) is 2.48. The lowest BCUT2D eigenvalue weighted by Gasteiger charge is -2.13. The van der Waals surface area contributed by atoms with E-state index in [1.807, 2.05) is 31.2 Å². The smallest absolute Gasteiger partial charge is 0.257 e. The molecule has 4 heteroatoms. The van der Waals surface area contributed by atoms with Gasteiger partial charge in [-0.25, -0.2) is 4.98 Å². The molecular formula is C17H20N2O2. The molecule has 0 fully saturated rings. The molecular weight excluding hydrogens is 264 g/mol. The van der Waals surface area contributed by atoms with Crippen LogP contribution in [0.3, 0.4) is 0 Å². The minimum absolute atomic E-state index is 0.168. The third kappa shape index (κ3) is 3.81. The summed E-state index contributed by atoms with van der Waals surface area (Å²) in [7, 11) is 0. The van der Waals surface area contributed by atoms with Crippen molar-refractivity contribution in [3.8, 4) is 5.88 Å². The summed E-state index contributed by atoms with van der Waals surface area (Å²) in [5.74, 6) is 0.704. The molecule has 0 bridgehead atoms. The first kappa shape index (κ1) is 15.0. The molecule has 0 aliphatic rings. The molecule has 0 aliphatic carbocycles. The molecule has 2 aromatic rings. The van der Waals surface area contributed by atoms with Crippen molar-refractivity contribution >= 4 is 11.6 Å². The third-order valence-corrected chi connectivity index (χ3v) is 3.12. The maximum Gasteiger partial charge on any atom is 0.257 e. The Morgan fingerprint density at radius 3 is 2.62 bits per heavy atom. The maximum atomic E-state index is 12.3. The molecule has 0 radical (unpaired) electrons. The Bertz CT molecular complexity index is 606. The highest BCUT2D eigenvalue weighted by molar-refractivity contribution is 6.04. The van der Waals surface area contributed by atoms with Gasteiger partial charge in [-0.15, -0.1) is 0 Å². The summed E-state index contributed by atoms with van der Waals surface area (Å²) in [5, 5.41) is 2.94. The molecule has 1 heterocycles. The van der Waals surface area contributed by atoms with E-state index in [1.165, 1.54) is 6.20 Å². The van der Waals surface area contributed by atoms with Gasteiger partial charge >= 0.3 is 0 Å². The fourth-order valence-electron chi connectivity index (χ4n) is 2.06. The lowest BCUT2D eigenvalue weighted by molar-refractivity contribution is 0.102. The van der Waals surface area contributed by atoms with Crippen molar-refractivity contribution in [3.63, 3.8) is 0 Å². The first-order valence-corrected chi connectivity index (χ1v) is 7.11. The van der Waals surface area contributed by atoms with Crippen molar-refractivity contribution in [3.05, 3.63) is 53.7 Å². The van der Waals surface area contributed by atoms with Crippen LogP contribution in [0.4, 0.5) is 5.69 Å². The van der Waals surface area contributed by atoms with Gasteiger partial charge in [0.2, 0.25) is 5.88 Å². The molecule has 21 heavy (non-hydrogen) atoms. The maximum absolute atomic E-state index is 12.3. The molecule has 0 unspecified atom stereocenters. The molecule has 1 aromatic heterocycles. The van der Waals surface area contributed by atoms with Crippen LogP contribution < -0.4 is 10.1 Å². The number of ether oxygens (including phenoxy) is 1. The predicted molar refractivity (Wildman–Crippen MR) is 83.9 cm³/mol. The number of para-hydroxylation sites is 1. The highest BCUT2D eigenvalue weighted by atomic mass is 16.5. The molecule has 0 saturated heterocycles. The van der Waals surface area contributed by atoms with Crippen LogP contribution in [-0.2, 0) is 0 Å². The Labute approximate surface area is 125 Å². The second-order valence-corrected chi connectivity index (χ2v) is 5.01. The normalized spacial score (nSPS) is 10.5. The average molecular weight is 284 g/mol. The molecule has 1 amide bonds. The summed E-state index contributed by atoms with van der Waals surface area (Å²) in [6, 6.07) is 11.2. The van der Waals surface area contributed by atoms with Gasteiger partial charge in [-0.1, -0.05) is 32.0 Å². The van der Waals surface area contributed by atoms with Crippen LogP contribution in [0.25, 0.3) is 0 Å². The third-order valence-electron chi connectivity index (χ3n) is 3.12. The topological polar surface area (TPSA) is 51.2 Å². The molecule has 2 rings (SSSR count). The second kappa shape index (κ2) is 6.88. The Morgan fingerprint density at radius 2 is 2.00 bits per heavy atom. The fourth-order valence-corrected chi connectivity index (χ4v) is 2.06. The van der Waals surface area contributed by atoms with Crippen LogP contribution in [0.1, 0.15) is 42.6 Å². The summed E-state index contributed by atoms with van der Waals surface area (Å²) in [4.78, 5) is 16.4. The van der Waals surface area contributed by atoms with Gasteiger partial charge in [0.05, 0.1) is 12.2 Å². The van der Waals surface area contributed by atoms with Crippen LogP contribution >= 0.6 is 0 Å². The van der Waals surface area contributed by atoms with Gasteiger partial charge in [-0.05, 0) is 30.5 Å². The Kier molecular flexibility index (Phi) is 4.93. The molecule has 0 spiro atoms. The highest BCUT2D eigenvalue weighted by Crippen LogP contribution is 2.24. The largest absolute Gasteiger partial charge is 0.478 e. The number of amides is 1. The number of aromatic nitrogens is 1. The number of rotatable bonds is 5. The predicted octanol–water partition coefficient (Wildman–Crippen LogP) is 3.86. The Hall–Kier alpha value is -2.36. The number of hydrogen-bond donors (Lipinski definition) is 1. The fraction of sp³-hybridized carbons (Fsp3) is 0.294. The van der Waals surface area contributed by atoms with Crippen molar-refractivity contribution < 1.29 is 9.53 Å². The van der Waals surface area contributed by atoms with Gasteiger partial charge in [-0.2, -0.15) is 0 Å². The van der Waals surface area contributed by atoms with E-state index in [2.05, 4.69) is 24.1 Å². The van der Waals surface area contributed by atoms with Crippen molar-refractivity contribution in [2.75, 3.05) is 11.9 Å². The van der Waals surface area contributed by atoms with E-state index in [-0.39, 0.29) is 5.91 Å². The van der Waals surface area contributed by atoms with Gasteiger partial charge < -0.3 is 10.1 Å². The molecule has 1 N–H and O–H groups in total. The monoisotopic (exact) mass is 284 g/mol. The van der Waals surface area contributed by atoms with E-state index in [1.54, 1.807) is 12.1 Å². The van der Waals surface area contributed by atoms with E-state index in [4.69, 9.17) is 4.74 Å². The standard InChI is InChI=1S/C17H20N2O2/c1-4-21-16-10-9-13(11-18-16)17(20)19-15-8-6-5-7-14(15)12(2)3/h5-12H,4H2,1-3H3,(H,19,20). The second-order valence-electron chi connectivity index (χ2n) is 5.01. The zero-order chi connectivity index (χ0) is 15.2. The molecule has 1 aromatic carbocycles. The van der Waals surface area contributed by atoms with E-state index < -0.39 is 0 Å². The minimum atomic E-state index is -0.168. The van der Waals surface area contributed by atoms with E-state index in [0.29, 0.717) is 24.0 Å². The first-order valence-electron chi connectivity index (χ1n) is 7.11. The van der Waals surface area contributed by atoms with E-state index in [0.717, 1.165) is 11.3 Å². The van der Waals surface area contributed by atoms with Crippen molar-refractivity contribution in [1.29, 1.82) is 0 Å². The summed E-state index contributed by atoms with van der Waals surface area (Å²) < 4.78 is 5.27. The molecule has 4 nitrogen and oxygen atoms in total. The van der Waals surface area contributed by atoms with E-state index >= 15 is 0 Å². The van der Waals surface area contributed by atoms with Crippen molar-refractivity contribution in [2.24, 2.45) is 0 Å². The molecule has 0 aliphatic heterocycles. The van der Waals surface area contributed by atoms with Crippen molar-refractivity contribution in [1.82, 2.24) is 4.98 Å². The Morgan fingerprint density at radius 1 is 1.24 bits per heavy atom. The summed E-state index contributed by atoms with van der Waals surface area (Å²) >= 11 is 0. The number of benzene rings is 1. The molecule has 0 atom stereocenters. The van der Waals surface area contributed by atoms with Gasteiger partial charge in [0.25, 0.3) is 5.91 Å². The minimum Gasteiger partial charge on any atom is -0.478 e.